The number of nitrogens with zero attached hydrogens (tertiary/aromatic N) is 1. The van der Waals surface area contributed by atoms with Crippen molar-refractivity contribution in [2.45, 2.75) is 6.61 Å². The molecule has 0 aliphatic heterocycles. The lowest BCUT2D eigenvalue weighted by Gasteiger charge is -2.07. The fraction of sp³-hybridized carbons (Fsp3) is 0.143. The maximum absolute atomic E-state index is 12.0. The van der Waals surface area contributed by atoms with E-state index in [1.54, 1.807) is 32.4 Å². The molecule has 6 heteroatoms. The van der Waals surface area contributed by atoms with Gasteiger partial charge >= 0.3 is 5.97 Å². The highest BCUT2D eigenvalue weighted by Gasteiger charge is 2.07. The Morgan fingerprint density at radius 1 is 1.07 bits per heavy atom. The molecule has 0 spiro atoms. The number of carbonyl (C=O) groups is 1. The lowest BCUT2D eigenvalue weighted by atomic mass is 10.2. The van der Waals surface area contributed by atoms with Crippen LogP contribution in [0.3, 0.4) is 0 Å². The second-order valence-corrected chi connectivity index (χ2v) is 6.42. The van der Waals surface area contributed by atoms with Crippen LogP contribution in [0.4, 0.5) is 0 Å². The smallest absolute Gasteiger partial charge is 0.331 e. The lowest BCUT2D eigenvalue weighted by molar-refractivity contribution is -0.139. The molecule has 0 saturated heterocycles. The van der Waals surface area contributed by atoms with Crippen LogP contribution in [0, 0.1) is 0 Å². The molecular weight excluding hydrogens is 362 g/mol. The van der Waals surface area contributed by atoms with Gasteiger partial charge in [-0.1, -0.05) is 36.4 Å². The summed E-state index contributed by atoms with van der Waals surface area (Å²) in [6.45, 7) is 0.137. The predicted molar refractivity (Wildman–Crippen MR) is 106 cm³/mol. The van der Waals surface area contributed by atoms with Gasteiger partial charge in [-0.2, -0.15) is 0 Å². The van der Waals surface area contributed by atoms with Gasteiger partial charge in [-0.15, -0.1) is 11.3 Å². The summed E-state index contributed by atoms with van der Waals surface area (Å²) in [5.41, 5.74) is 2.59. The summed E-state index contributed by atoms with van der Waals surface area (Å²) in [6.07, 6.45) is 3.05. The van der Waals surface area contributed by atoms with Gasteiger partial charge in [-0.25, -0.2) is 9.78 Å². The van der Waals surface area contributed by atoms with Gasteiger partial charge in [-0.05, 0) is 23.8 Å². The van der Waals surface area contributed by atoms with Crippen molar-refractivity contribution in [2.75, 3.05) is 14.2 Å². The van der Waals surface area contributed by atoms with Crippen molar-refractivity contribution in [1.29, 1.82) is 0 Å². The number of thiazole rings is 1. The summed E-state index contributed by atoms with van der Waals surface area (Å²) in [7, 11) is 3.14. The highest BCUT2D eigenvalue weighted by molar-refractivity contribution is 7.13. The van der Waals surface area contributed by atoms with Gasteiger partial charge in [0.15, 0.2) is 11.5 Å². The number of methoxy groups -OCH3 is 2. The number of esters is 1. The Labute approximate surface area is 161 Å². The second-order valence-electron chi connectivity index (χ2n) is 5.57. The van der Waals surface area contributed by atoms with Crippen LogP contribution in [0.15, 0.2) is 60.0 Å². The first kappa shape index (κ1) is 18.7. The normalized spacial score (nSPS) is 10.7. The topological polar surface area (TPSA) is 57.7 Å². The third-order valence-corrected chi connectivity index (χ3v) is 4.69. The number of hydrogen-bond acceptors (Lipinski definition) is 6. The quantitative estimate of drug-likeness (QED) is 0.443. The third kappa shape index (κ3) is 4.95. The van der Waals surface area contributed by atoms with E-state index >= 15 is 0 Å². The average Bonchev–Trinajstić information content (AvgIpc) is 3.20. The Bertz CT molecular complexity index is 934. The molecule has 5 nitrogen and oxygen atoms in total. The summed E-state index contributed by atoms with van der Waals surface area (Å²) in [4.78, 5) is 16.5. The Morgan fingerprint density at radius 3 is 2.59 bits per heavy atom. The summed E-state index contributed by atoms with van der Waals surface area (Å²) in [5, 5.41) is 2.80. The summed E-state index contributed by atoms with van der Waals surface area (Å²) in [5.74, 6) is 0.804. The maximum atomic E-state index is 12.0. The van der Waals surface area contributed by atoms with Crippen LogP contribution in [0.1, 0.15) is 11.3 Å². The minimum atomic E-state index is -0.431. The molecule has 0 saturated carbocycles. The van der Waals surface area contributed by atoms with E-state index in [2.05, 4.69) is 4.98 Å². The van der Waals surface area contributed by atoms with Crippen molar-refractivity contribution < 1.29 is 19.0 Å². The van der Waals surface area contributed by atoms with E-state index in [0.29, 0.717) is 11.5 Å². The van der Waals surface area contributed by atoms with Crippen molar-refractivity contribution >= 4 is 23.4 Å². The van der Waals surface area contributed by atoms with Crippen LogP contribution in [-0.4, -0.2) is 25.2 Å². The summed E-state index contributed by atoms with van der Waals surface area (Å²) < 4.78 is 15.7. The molecule has 2 aromatic carbocycles. The maximum Gasteiger partial charge on any atom is 0.331 e. The minimum absolute atomic E-state index is 0.137. The molecule has 1 aromatic heterocycles. The summed E-state index contributed by atoms with van der Waals surface area (Å²) in [6, 6.07) is 15.3. The van der Waals surface area contributed by atoms with Crippen LogP contribution >= 0.6 is 11.3 Å². The number of benzene rings is 2. The molecule has 138 valence electrons. The Balaban J connectivity index is 1.57. The Kier molecular flexibility index (Phi) is 6.22. The molecule has 0 atom stereocenters. The molecular formula is C21H19NO4S. The zero-order chi connectivity index (χ0) is 19.1. The Hall–Kier alpha value is -3.12. The van der Waals surface area contributed by atoms with Crippen LogP contribution in [0.2, 0.25) is 0 Å². The van der Waals surface area contributed by atoms with Gasteiger partial charge in [0.2, 0.25) is 0 Å². The van der Waals surface area contributed by atoms with E-state index in [-0.39, 0.29) is 6.61 Å². The standard InChI is InChI=1S/C21H19NO4S/c1-24-18-10-8-15(12-19(18)25-2)9-11-20(23)26-13-17-14-27-21(22-17)16-6-4-3-5-7-16/h3-12,14H,13H2,1-2H3. The monoisotopic (exact) mass is 381 g/mol. The molecule has 27 heavy (non-hydrogen) atoms. The first-order valence-electron chi connectivity index (χ1n) is 8.26. The molecule has 3 aromatic rings. The highest BCUT2D eigenvalue weighted by Crippen LogP contribution is 2.28. The molecule has 0 fully saturated rings. The first-order valence-corrected chi connectivity index (χ1v) is 9.14. The van der Waals surface area contributed by atoms with E-state index in [9.17, 15) is 4.79 Å². The molecule has 0 aliphatic carbocycles. The van der Waals surface area contributed by atoms with Gasteiger partial charge in [0.05, 0.1) is 19.9 Å². The summed E-state index contributed by atoms with van der Waals surface area (Å²) >= 11 is 1.53. The third-order valence-electron chi connectivity index (χ3n) is 3.75. The molecule has 0 N–H and O–H groups in total. The molecule has 0 unspecified atom stereocenters. The van der Waals surface area contributed by atoms with Crippen LogP contribution in [0.25, 0.3) is 16.6 Å². The first-order chi connectivity index (χ1) is 13.2. The molecule has 0 radical (unpaired) electrons. The van der Waals surface area contributed by atoms with Crippen molar-refractivity contribution in [3.05, 3.63) is 71.2 Å². The lowest BCUT2D eigenvalue weighted by Crippen LogP contribution is -2.01. The van der Waals surface area contributed by atoms with Crippen molar-refractivity contribution in [2.24, 2.45) is 0 Å². The van der Waals surface area contributed by atoms with Crippen LogP contribution in [0.5, 0.6) is 11.5 Å². The van der Waals surface area contributed by atoms with Gasteiger partial charge < -0.3 is 14.2 Å². The average molecular weight is 381 g/mol. The van der Waals surface area contributed by atoms with Crippen molar-refractivity contribution in [3.8, 4) is 22.1 Å². The van der Waals surface area contributed by atoms with Crippen LogP contribution < -0.4 is 9.47 Å². The van der Waals surface area contributed by atoms with E-state index in [0.717, 1.165) is 21.8 Å². The minimum Gasteiger partial charge on any atom is -0.493 e. The molecule has 0 bridgehead atoms. The predicted octanol–water partition coefficient (Wildman–Crippen LogP) is 4.58. The fourth-order valence-electron chi connectivity index (χ4n) is 2.40. The largest absolute Gasteiger partial charge is 0.493 e. The van der Waals surface area contributed by atoms with Gasteiger partial charge in [0.25, 0.3) is 0 Å². The van der Waals surface area contributed by atoms with Gasteiger partial charge in [0.1, 0.15) is 11.6 Å². The zero-order valence-electron chi connectivity index (χ0n) is 15.0. The van der Waals surface area contributed by atoms with E-state index in [1.807, 2.05) is 41.8 Å². The fourth-order valence-corrected chi connectivity index (χ4v) is 3.21. The van der Waals surface area contributed by atoms with Crippen molar-refractivity contribution in [3.63, 3.8) is 0 Å². The SMILES string of the molecule is COc1ccc(C=CC(=O)OCc2csc(-c3ccccc3)n2)cc1OC. The number of rotatable bonds is 7. The molecule has 0 aliphatic rings. The van der Waals surface area contributed by atoms with E-state index < -0.39 is 5.97 Å². The number of hydrogen-bond donors (Lipinski definition) is 0. The Morgan fingerprint density at radius 2 is 1.85 bits per heavy atom. The van der Waals surface area contributed by atoms with Gasteiger partial charge in [0, 0.05) is 17.0 Å². The second kappa shape index (κ2) is 9.00. The highest BCUT2D eigenvalue weighted by atomic mass is 32.1. The zero-order valence-corrected chi connectivity index (χ0v) is 15.9. The number of aromatic nitrogens is 1. The number of carbonyl (C=O) groups excluding carboxylic acids is 1. The molecule has 0 amide bonds. The number of ether oxygens (including phenoxy) is 3. The van der Waals surface area contributed by atoms with Crippen molar-refractivity contribution in [1.82, 2.24) is 4.98 Å². The molecule has 3 rings (SSSR count). The molecule has 1 heterocycles. The van der Waals surface area contributed by atoms with E-state index in [1.165, 1.54) is 17.4 Å². The van der Waals surface area contributed by atoms with Crippen LogP contribution in [-0.2, 0) is 16.1 Å². The van der Waals surface area contributed by atoms with E-state index in [4.69, 9.17) is 14.2 Å². The van der Waals surface area contributed by atoms with Gasteiger partial charge in [-0.3, -0.25) is 0 Å².